The molecule has 186 valence electrons. The van der Waals surface area contributed by atoms with E-state index in [0.29, 0.717) is 17.7 Å². The Bertz CT molecular complexity index is 1310. The first-order valence-corrected chi connectivity index (χ1v) is 12.0. The van der Waals surface area contributed by atoms with Crippen molar-refractivity contribution >= 4 is 34.8 Å². The highest BCUT2D eigenvalue weighted by molar-refractivity contribution is 6.09. The van der Waals surface area contributed by atoms with Gasteiger partial charge in [-0.2, -0.15) is 0 Å². The fourth-order valence-corrected chi connectivity index (χ4v) is 3.78. The van der Waals surface area contributed by atoms with Crippen LogP contribution in [0.4, 0.5) is 17.1 Å². The van der Waals surface area contributed by atoms with E-state index < -0.39 is 11.9 Å². The standard InChI is InChI=1S/C30H28N4O3/c1-2-26(30(37)33-34(23-16-8-4-9-17-23)24-18-10-5-11-19-24)31-29(36)25-20-12-13-21-27(25)32-28(35)22-14-6-3-7-15-22/h3-21,26H,2H2,1H3,(H,31,36)(H,32,35)(H,33,37)/t26-/m0/s1. The monoisotopic (exact) mass is 492 g/mol. The first-order valence-electron chi connectivity index (χ1n) is 12.0. The molecule has 0 bridgehead atoms. The molecule has 7 nitrogen and oxygen atoms in total. The minimum atomic E-state index is -0.805. The van der Waals surface area contributed by atoms with Crippen molar-refractivity contribution in [2.75, 3.05) is 10.3 Å². The summed E-state index contributed by atoms with van der Waals surface area (Å²) in [6.07, 6.45) is 0.369. The average Bonchev–Trinajstić information content (AvgIpc) is 2.96. The molecule has 0 unspecified atom stereocenters. The summed E-state index contributed by atoms with van der Waals surface area (Å²) in [5.41, 5.74) is 5.59. The van der Waals surface area contributed by atoms with Gasteiger partial charge in [0.05, 0.1) is 22.6 Å². The molecule has 7 heteroatoms. The molecule has 0 fully saturated rings. The number of hydrazine groups is 1. The number of anilines is 3. The molecule has 37 heavy (non-hydrogen) atoms. The first kappa shape index (κ1) is 25.2. The second kappa shape index (κ2) is 12.2. The van der Waals surface area contributed by atoms with Crippen molar-refractivity contribution in [3.63, 3.8) is 0 Å². The summed E-state index contributed by atoms with van der Waals surface area (Å²) in [5.74, 6) is -1.15. The number of hydrogen-bond acceptors (Lipinski definition) is 4. The minimum absolute atomic E-state index is 0.265. The summed E-state index contributed by atoms with van der Waals surface area (Å²) in [5, 5.41) is 7.30. The topological polar surface area (TPSA) is 90.5 Å². The summed E-state index contributed by atoms with van der Waals surface area (Å²) in [6.45, 7) is 1.82. The van der Waals surface area contributed by atoms with Crippen LogP contribution >= 0.6 is 0 Å². The van der Waals surface area contributed by atoms with Gasteiger partial charge in [-0.1, -0.05) is 73.7 Å². The van der Waals surface area contributed by atoms with Crippen LogP contribution in [0.25, 0.3) is 0 Å². The first-order chi connectivity index (χ1) is 18.1. The van der Waals surface area contributed by atoms with E-state index in [4.69, 9.17) is 0 Å². The van der Waals surface area contributed by atoms with Crippen LogP contribution in [0, 0.1) is 0 Å². The zero-order valence-electron chi connectivity index (χ0n) is 20.4. The van der Waals surface area contributed by atoms with Crippen molar-refractivity contribution in [3.05, 3.63) is 126 Å². The van der Waals surface area contributed by atoms with E-state index in [9.17, 15) is 14.4 Å². The van der Waals surface area contributed by atoms with Crippen LogP contribution in [0.1, 0.15) is 34.1 Å². The summed E-state index contributed by atoms with van der Waals surface area (Å²) >= 11 is 0. The van der Waals surface area contributed by atoms with Gasteiger partial charge >= 0.3 is 0 Å². The average molecular weight is 493 g/mol. The second-order valence-corrected chi connectivity index (χ2v) is 8.28. The lowest BCUT2D eigenvalue weighted by Crippen LogP contribution is -2.51. The Hall–Kier alpha value is -4.91. The molecule has 0 aromatic heterocycles. The molecular weight excluding hydrogens is 464 g/mol. The molecular formula is C30H28N4O3. The Kier molecular flexibility index (Phi) is 8.29. The van der Waals surface area contributed by atoms with Gasteiger partial charge in [-0.25, -0.2) is 0 Å². The normalized spacial score (nSPS) is 11.2. The predicted molar refractivity (Wildman–Crippen MR) is 146 cm³/mol. The largest absolute Gasteiger partial charge is 0.340 e. The van der Waals surface area contributed by atoms with Crippen molar-refractivity contribution in [1.82, 2.24) is 10.7 Å². The van der Waals surface area contributed by atoms with Gasteiger partial charge in [-0.3, -0.25) is 24.8 Å². The third-order valence-electron chi connectivity index (χ3n) is 5.74. The van der Waals surface area contributed by atoms with E-state index in [2.05, 4.69) is 16.1 Å². The Morgan fingerprint density at radius 1 is 0.676 bits per heavy atom. The Morgan fingerprint density at radius 2 is 1.19 bits per heavy atom. The maximum Gasteiger partial charge on any atom is 0.261 e. The molecule has 3 amide bonds. The van der Waals surface area contributed by atoms with E-state index >= 15 is 0 Å². The molecule has 0 saturated carbocycles. The Balaban J connectivity index is 1.50. The third kappa shape index (κ3) is 6.41. The SMILES string of the molecule is CC[C@H](NC(=O)c1ccccc1NC(=O)c1ccccc1)C(=O)NN(c1ccccc1)c1ccccc1. The highest BCUT2D eigenvalue weighted by Gasteiger charge is 2.24. The van der Waals surface area contributed by atoms with Gasteiger partial charge in [-0.15, -0.1) is 0 Å². The number of nitrogens with zero attached hydrogens (tertiary/aromatic N) is 1. The number of carbonyl (C=O) groups excluding carboxylic acids is 3. The molecule has 3 N–H and O–H groups in total. The number of benzene rings is 4. The number of nitrogens with one attached hydrogen (secondary N) is 3. The maximum atomic E-state index is 13.3. The van der Waals surface area contributed by atoms with Crippen LogP contribution < -0.4 is 21.1 Å². The number of para-hydroxylation sites is 3. The summed E-state index contributed by atoms with van der Waals surface area (Å²) < 4.78 is 0. The van der Waals surface area contributed by atoms with Gasteiger partial charge in [0.25, 0.3) is 17.7 Å². The smallest absolute Gasteiger partial charge is 0.261 e. The van der Waals surface area contributed by atoms with Crippen molar-refractivity contribution in [3.8, 4) is 0 Å². The van der Waals surface area contributed by atoms with Gasteiger partial charge in [0, 0.05) is 5.56 Å². The van der Waals surface area contributed by atoms with Crippen molar-refractivity contribution in [2.24, 2.45) is 0 Å². The highest BCUT2D eigenvalue weighted by atomic mass is 16.2. The molecule has 0 aliphatic heterocycles. The van der Waals surface area contributed by atoms with Crippen molar-refractivity contribution in [1.29, 1.82) is 0 Å². The van der Waals surface area contributed by atoms with Crippen LogP contribution in [-0.2, 0) is 4.79 Å². The quantitative estimate of drug-likeness (QED) is 0.276. The minimum Gasteiger partial charge on any atom is -0.340 e. The molecule has 1 atom stereocenters. The van der Waals surface area contributed by atoms with E-state index in [1.165, 1.54) is 0 Å². The van der Waals surface area contributed by atoms with Gasteiger partial charge in [0.15, 0.2) is 0 Å². The molecule has 0 radical (unpaired) electrons. The maximum absolute atomic E-state index is 13.3. The highest BCUT2D eigenvalue weighted by Crippen LogP contribution is 2.23. The van der Waals surface area contributed by atoms with Gasteiger partial charge in [0.1, 0.15) is 6.04 Å². The number of rotatable bonds is 9. The fraction of sp³-hybridized carbons (Fsp3) is 0.100. The van der Waals surface area contributed by atoms with Gasteiger partial charge < -0.3 is 10.6 Å². The van der Waals surface area contributed by atoms with Crippen molar-refractivity contribution < 1.29 is 14.4 Å². The summed E-state index contributed by atoms with van der Waals surface area (Å²) in [4.78, 5) is 39.2. The predicted octanol–water partition coefficient (Wildman–Crippen LogP) is 5.32. The molecule has 4 rings (SSSR count). The molecule has 0 spiro atoms. The molecule has 4 aromatic carbocycles. The van der Waals surface area contributed by atoms with Crippen LogP contribution in [0.5, 0.6) is 0 Å². The van der Waals surface area contributed by atoms with E-state index in [-0.39, 0.29) is 17.4 Å². The second-order valence-electron chi connectivity index (χ2n) is 8.28. The van der Waals surface area contributed by atoms with Crippen LogP contribution in [0.15, 0.2) is 115 Å². The Morgan fingerprint density at radius 3 is 1.76 bits per heavy atom. The van der Waals surface area contributed by atoms with E-state index in [0.717, 1.165) is 11.4 Å². The summed E-state index contributed by atoms with van der Waals surface area (Å²) in [6, 6.07) is 33.6. The number of amides is 3. The van der Waals surface area contributed by atoms with Crippen LogP contribution in [0.2, 0.25) is 0 Å². The fourth-order valence-electron chi connectivity index (χ4n) is 3.78. The van der Waals surface area contributed by atoms with Crippen molar-refractivity contribution in [2.45, 2.75) is 19.4 Å². The molecule has 0 heterocycles. The van der Waals surface area contributed by atoms with Crippen LogP contribution in [-0.4, -0.2) is 23.8 Å². The van der Waals surface area contributed by atoms with E-state index in [1.54, 1.807) is 53.5 Å². The summed E-state index contributed by atoms with van der Waals surface area (Å²) in [7, 11) is 0. The third-order valence-corrected chi connectivity index (χ3v) is 5.74. The molecule has 0 saturated heterocycles. The number of carbonyl (C=O) groups is 3. The zero-order chi connectivity index (χ0) is 26.0. The lowest BCUT2D eigenvalue weighted by atomic mass is 10.1. The van der Waals surface area contributed by atoms with Gasteiger partial charge in [0.2, 0.25) is 0 Å². The number of hydrogen-bond donors (Lipinski definition) is 3. The molecule has 0 aliphatic rings. The Labute approximate surface area is 216 Å². The lowest BCUT2D eigenvalue weighted by Gasteiger charge is -2.28. The van der Waals surface area contributed by atoms with E-state index in [1.807, 2.05) is 73.7 Å². The van der Waals surface area contributed by atoms with Gasteiger partial charge in [-0.05, 0) is 55.0 Å². The molecule has 4 aromatic rings. The zero-order valence-corrected chi connectivity index (χ0v) is 20.4. The lowest BCUT2D eigenvalue weighted by molar-refractivity contribution is -0.123. The van der Waals surface area contributed by atoms with Crippen LogP contribution in [0.3, 0.4) is 0 Å². The molecule has 0 aliphatic carbocycles.